The lowest BCUT2D eigenvalue weighted by Crippen LogP contribution is -2.15. The van der Waals surface area contributed by atoms with Crippen molar-refractivity contribution in [2.45, 2.75) is 20.4 Å². The van der Waals surface area contributed by atoms with Crippen molar-refractivity contribution in [3.63, 3.8) is 0 Å². The number of nitrogens with zero attached hydrogens (tertiary/aromatic N) is 3. The van der Waals surface area contributed by atoms with E-state index in [4.69, 9.17) is 9.47 Å². The number of rotatable bonds is 7. The summed E-state index contributed by atoms with van der Waals surface area (Å²) in [6.45, 7) is 4.72. The summed E-state index contributed by atoms with van der Waals surface area (Å²) in [5.74, 6) is -0.801. The van der Waals surface area contributed by atoms with E-state index in [-0.39, 0.29) is 12.4 Å². The average Bonchev–Trinajstić information content (AvgIpc) is 2.97. The van der Waals surface area contributed by atoms with Crippen molar-refractivity contribution in [2.24, 2.45) is 0 Å². The Hall–Kier alpha value is -3.06. The third-order valence-electron chi connectivity index (χ3n) is 4.43. The second kappa shape index (κ2) is 8.09. The molecule has 0 saturated carbocycles. The van der Waals surface area contributed by atoms with E-state index in [9.17, 15) is 9.59 Å². The number of aromatic nitrogens is 3. The fourth-order valence-electron chi connectivity index (χ4n) is 2.99. The van der Waals surface area contributed by atoms with Gasteiger partial charge in [-0.3, -0.25) is 14.8 Å². The van der Waals surface area contributed by atoms with Crippen LogP contribution in [0.3, 0.4) is 0 Å². The Morgan fingerprint density at radius 3 is 2.56 bits per heavy atom. The average molecular weight is 367 g/mol. The van der Waals surface area contributed by atoms with Gasteiger partial charge in [0.15, 0.2) is 6.61 Å². The lowest BCUT2D eigenvalue weighted by atomic mass is 10.1. The Morgan fingerprint density at radius 1 is 1.07 bits per heavy atom. The highest BCUT2D eigenvalue weighted by Gasteiger charge is 2.18. The second-order valence-electron chi connectivity index (χ2n) is 6.19. The van der Waals surface area contributed by atoms with E-state index >= 15 is 0 Å². The van der Waals surface area contributed by atoms with E-state index in [1.54, 1.807) is 37.7 Å². The second-order valence-corrected chi connectivity index (χ2v) is 6.19. The first-order valence-corrected chi connectivity index (χ1v) is 8.58. The number of benzene rings is 1. The van der Waals surface area contributed by atoms with Gasteiger partial charge in [0.25, 0.3) is 0 Å². The van der Waals surface area contributed by atoms with Crippen LogP contribution in [0.1, 0.15) is 32.1 Å². The van der Waals surface area contributed by atoms with E-state index in [1.165, 1.54) is 0 Å². The minimum absolute atomic E-state index is 0.235. The molecule has 0 fully saturated rings. The predicted octanol–water partition coefficient (Wildman–Crippen LogP) is 2.73. The third-order valence-corrected chi connectivity index (χ3v) is 4.43. The number of carbonyl (C=O) groups is 2. The molecule has 7 heteroatoms. The number of fused-ring (bicyclic) bond motifs is 1. The van der Waals surface area contributed by atoms with E-state index in [2.05, 4.69) is 9.97 Å². The van der Waals surface area contributed by atoms with Gasteiger partial charge in [-0.1, -0.05) is 0 Å². The Labute approximate surface area is 156 Å². The van der Waals surface area contributed by atoms with Crippen LogP contribution < -0.4 is 0 Å². The van der Waals surface area contributed by atoms with Crippen molar-refractivity contribution >= 4 is 22.8 Å². The number of carbonyl (C=O) groups excluding carboxylic acids is 2. The smallest absolute Gasteiger partial charge is 0.338 e. The molecule has 0 saturated heterocycles. The standard InChI is InChI=1S/C20H21N3O4/c1-13-10-16(14(2)23(13)8-9-26-3)19(24)12-27-20(25)15-4-5-17-18(11-15)22-7-6-21-17/h4-7,10-11H,8-9,12H2,1-3H3. The summed E-state index contributed by atoms with van der Waals surface area (Å²) in [6.07, 6.45) is 3.14. The van der Waals surface area contributed by atoms with Crippen LogP contribution in [-0.2, 0) is 16.0 Å². The fourth-order valence-corrected chi connectivity index (χ4v) is 2.99. The summed E-state index contributed by atoms with van der Waals surface area (Å²) in [4.78, 5) is 33.1. The first-order chi connectivity index (χ1) is 13.0. The van der Waals surface area contributed by atoms with E-state index in [0.29, 0.717) is 35.3 Å². The molecule has 1 aromatic carbocycles. The summed E-state index contributed by atoms with van der Waals surface area (Å²) in [7, 11) is 1.64. The number of methoxy groups -OCH3 is 1. The third kappa shape index (κ3) is 4.03. The lowest BCUT2D eigenvalue weighted by Gasteiger charge is -2.09. The van der Waals surface area contributed by atoms with Crippen molar-refractivity contribution in [3.8, 4) is 0 Å². The Morgan fingerprint density at radius 2 is 1.81 bits per heavy atom. The van der Waals surface area contributed by atoms with E-state index in [0.717, 1.165) is 11.4 Å². The van der Waals surface area contributed by atoms with Gasteiger partial charge in [-0.2, -0.15) is 0 Å². The van der Waals surface area contributed by atoms with Crippen LogP contribution >= 0.6 is 0 Å². The quantitative estimate of drug-likeness (QED) is 0.472. The largest absolute Gasteiger partial charge is 0.454 e. The van der Waals surface area contributed by atoms with Gasteiger partial charge in [0.05, 0.1) is 23.2 Å². The molecule has 0 radical (unpaired) electrons. The van der Waals surface area contributed by atoms with Crippen LogP contribution in [0.5, 0.6) is 0 Å². The Bertz CT molecular complexity index is 994. The predicted molar refractivity (Wildman–Crippen MR) is 99.9 cm³/mol. The number of hydrogen-bond acceptors (Lipinski definition) is 6. The van der Waals surface area contributed by atoms with Gasteiger partial charge in [-0.15, -0.1) is 0 Å². The molecule has 0 spiro atoms. The zero-order valence-corrected chi connectivity index (χ0v) is 15.6. The molecule has 27 heavy (non-hydrogen) atoms. The number of ether oxygens (including phenoxy) is 2. The molecule has 3 aromatic rings. The van der Waals surface area contributed by atoms with Crippen molar-refractivity contribution in [1.29, 1.82) is 0 Å². The van der Waals surface area contributed by atoms with Gasteiger partial charge in [-0.05, 0) is 38.1 Å². The maximum absolute atomic E-state index is 12.5. The first kappa shape index (κ1) is 18.7. The van der Waals surface area contributed by atoms with Gasteiger partial charge < -0.3 is 14.0 Å². The summed E-state index contributed by atoms with van der Waals surface area (Å²) >= 11 is 0. The molecule has 0 aliphatic rings. The van der Waals surface area contributed by atoms with E-state index in [1.807, 2.05) is 24.5 Å². The first-order valence-electron chi connectivity index (χ1n) is 8.58. The summed E-state index contributed by atoms with van der Waals surface area (Å²) in [5.41, 5.74) is 3.98. The van der Waals surface area contributed by atoms with Gasteiger partial charge in [0.1, 0.15) is 0 Å². The summed E-state index contributed by atoms with van der Waals surface area (Å²) < 4.78 is 12.3. The van der Waals surface area contributed by atoms with Crippen molar-refractivity contribution < 1.29 is 19.1 Å². The topological polar surface area (TPSA) is 83.3 Å². The summed E-state index contributed by atoms with van der Waals surface area (Å²) in [5, 5.41) is 0. The van der Waals surface area contributed by atoms with E-state index < -0.39 is 5.97 Å². The maximum atomic E-state index is 12.5. The minimum Gasteiger partial charge on any atom is -0.454 e. The molecule has 2 heterocycles. The molecule has 0 unspecified atom stereocenters. The molecule has 0 bridgehead atoms. The van der Waals surface area contributed by atoms with Gasteiger partial charge >= 0.3 is 5.97 Å². The van der Waals surface area contributed by atoms with Crippen molar-refractivity contribution in [3.05, 3.63) is 59.2 Å². The van der Waals surface area contributed by atoms with Gasteiger partial charge in [0.2, 0.25) is 5.78 Å². The number of ketones is 1. The molecule has 0 aliphatic carbocycles. The molecule has 7 nitrogen and oxygen atoms in total. The van der Waals surface area contributed by atoms with Crippen LogP contribution in [-0.4, -0.2) is 46.6 Å². The number of Topliss-reactive ketones (excluding diaryl/α,β-unsaturated/α-hetero) is 1. The van der Waals surface area contributed by atoms with Crippen LogP contribution in [0.25, 0.3) is 11.0 Å². The highest BCUT2D eigenvalue weighted by atomic mass is 16.5. The van der Waals surface area contributed by atoms with Gasteiger partial charge in [-0.25, -0.2) is 4.79 Å². The Balaban J connectivity index is 1.68. The monoisotopic (exact) mass is 367 g/mol. The molecule has 3 rings (SSSR count). The molecule has 2 aromatic heterocycles. The molecular weight excluding hydrogens is 346 g/mol. The molecule has 140 valence electrons. The van der Waals surface area contributed by atoms with Crippen molar-refractivity contribution in [2.75, 3.05) is 20.3 Å². The number of hydrogen-bond donors (Lipinski definition) is 0. The highest BCUT2D eigenvalue weighted by molar-refractivity contribution is 6.01. The normalized spacial score (nSPS) is 10.9. The maximum Gasteiger partial charge on any atom is 0.338 e. The Kier molecular flexibility index (Phi) is 5.61. The molecule has 0 amide bonds. The highest BCUT2D eigenvalue weighted by Crippen LogP contribution is 2.17. The number of aryl methyl sites for hydroxylation is 1. The molecule has 0 atom stereocenters. The van der Waals surface area contributed by atoms with Crippen LogP contribution in [0.4, 0.5) is 0 Å². The SMILES string of the molecule is COCCn1c(C)cc(C(=O)COC(=O)c2ccc3nccnc3c2)c1C. The molecule has 0 N–H and O–H groups in total. The summed E-state index contributed by atoms with van der Waals surface area (Å²) in [6, 6.07) is 6.73. The lowest BCUT2D eigenvalue weighted by molar-refractivity contribution is 0.0474. The fraction of sp³-hybridized carbons (Fsp3) is 0.300. The van der Waals surface area contributed by atoms with Crippen LogP contribution in [0, 0.1) is 13.8 Å². The minimum atomic E-state index is -0.566. The molecular formula is C20H21N3O4. The van der Waals surface area contributed by atoms with Crippen LogP contribution in [0.2, 0.25) is 0 Å². The van der Waals surface area contributed by atoms with Gasteiger partial charge in [0, 0.05) is 43.0 Å². The zero-order valence-electron chi connectivity index (χ0n) is 15.6. The van der Waals surface area contributed by atoms with Crippen LogP contribution in [0.15, 0.2) is 36.7 Å². The molecule has 0 aliphatic heterocycles. The zero-order chi connectivity index (χ0) is 19.4. The number of esters is 1. The van der Waals surface area contributed by atoms with Crippen molar-refractivity contribution in [1.82, 2.24) is 14.5 Å².